The van der Waals surface area contributed by atoms with E-state index in [-0.39, 0.29) is 5.82 Å². The normalized spacial score (nSPS) is 11.0. The van der Waals surface area contributed by atoms with Crippen LogP contribution in [0.4, 0.5) is 10.3 Å². The van der Waals surface area contributed by atoms with E-state index < -0.39 is 0 Å². The number of fused-ring (bicyclic) bond motifs is 1. The summed E-state index contributed by atoms with van der Waals surface area (Å²) in [7, 11) is 1.70. The molecule has 0 spiro atoms. The van der Waals surface area contributed by atoms with Crippen molar-refractivity contribution in [3.05, 3.63) is 23.5 Å². The maximum Gasteiger partial charge on any atom is 0.201 e. The molecule has 0 saturated heterocycles. The fourth-order valence-electron chi connectivity index (χ4n) is 1.38. The molecule has 0 aliphatic rings. The fraction of sp³-hybridized carbons (Fsp3) is 0.222. The van der Waals surface area contributed by atoms with Gasteiger partial charge in [0, 0.05) is 7.05 Å². The number of nitrogen functional groups attached to an aromatic ring is 1. The number of halogens is 1. The first-order chi connectivity index (χ1) is 6.11. The monoisotopic (exact) mass is 179 g/mol. The zero-order valence-corrected chi connectivity index (χ0v) is 7.50. The Labute approximate surface area is 75.0 Å². The smallest absolute Gasteiger partial charge is 0.201 e. The van der Waals surface area contributed by atoms with Gasteiger partial charge < -0.3 is 10.3 Å². The van der Waals surface area contributed by atoms with Gasteiger partial charge in [0.15, 0.2) is 5.82 Å². The van der Waals surface area contributed by atoms with Crippen molar-refractivity contribution >= 4 is 17.0 Å². The summed E-state index contributed by atoms with van der Waals surface area (Å²) in [4.78, 5) is 4.02. The SMILES string of the molecule is Cc1ccc2nc(N)n(C)c2c1F. The number of aryl methyl sites for hydroxylation is 2. The van der Waals surface area contributed by atoms with Crippen LogP contribution in [-0.4, -0.2) is 9.55 Å². The van der Waals surface area contributed by atoms with Gasteiger partial charge in [0.1, 0.15) is 5.52 Å². The minimum atomic E-state index is -0.246. The number of rotatable bonds is 0. The standard InChI is InChI=1S/C9H10FN3/c1-5-3-4-6-8(7(5)10)13(2)9(11)12-6/h3-4H,1-2H3,(H2,11,12). The Hall–Kier alpha value is -1.58. The Balaban J connectivity index is 2.97. The predicted molar refractivity (Wildman–Crippen MR) is 49.8 cm³/mol. The van der Waals surface area contributed by atoms with Crippen LogP contribution in [0.3, 0.4) is 0 Å². The summed E-state index contributed by atoms with van der Waals surface area (Å²) in [6.07, 6.45) is 0. The van der Waals surface area contributed by atoms with Crippen LogP contribution in [0.5, 0.6) is 0 Å². The van der Waals surface area contributed by atoms with Gasteiger partial charge in [0.25, 0.3) is 0 Å². The molecule has 1 heterocycles. The molecule has 1 aromatic carbocycles. The maximum absolute atomic E-state index is 13.6. The molecule has 13 heavy (non-hydrogen) atoms. The summed E-state index contributed by atoms with van der Waals surface area (Å²) in [5, 5.41) is 0. The molecule has 3 nitrogen and oxygen atoms in total. The van der Waals surface area contributed by atoms with Crippen LogP contribution >= 0.6 is 0 Å². The largest absolute Gasteiger partial charge is 0.369 e. The van der Waals surface area contributed by atoms with Crippen LogP contribution in [0.15, 0.2) is 12.1 Å². The second-order valence-electron chi connectivity index (χ2n) is 3.09. The van der Waals surface area contributed by atoms with Crippen LogP contribution < -0.4 is 5.73 Å². The molecule has 0 fully saturated rings. The third-order valence-electron chi connectivity index (χ3n) is 2.20. The Bertz CT molecular complexity index is 473. The molecule has 4 heteroatoms. The average Bonchev–Trinajstić information content (AvgIpc) is 2.37. The number of anilines is 1. The molecule has 68 valence electrons. The van der Waals surface area contributed by atoms with Gasteiger partial charge in [-0.05, 0) is 18.6 Å². The summed E-state index contributed by atoms with van der Waals surface area (Å²) in [6.45, 7) is 1.72. The first-order valence-corrected chi connectivity index (χ1v) is 3.98. The molecule has 2 N–H and O–H groups in total. The Morgan fingerprint density at radius 2 is 2.15 bits per heavy atom. The summed E-state index contributed by atoms with van der Waals surface area (Å²) in [5.41, 5.74) is 7.23. The van der Waals surface area contributed by atoms with E-state index in [4.69, 9.17) is 5.73 Å². The number of hydrogen-bond donors (Lipinski definition) is 1. The third-order valence-corrected chi connectivity index (χ3v) is 2.20. The summed E-state index contributed by atoms with van der Waals surface area (Å²) >= 11 is 0. The zero-order valence-electron chi connectivity index (χ0n) is 7.50. The van der Waals surface area contributed by atoms with Gasteiger partial charge in [-0.3, -0.25) is 0 Å². The van der Waals surface area contributed by atoms with E-state index in [1.54, 1.807) is 30.7 Å². The zero-order chi connectivity index (χ0) is 9.59. The van der Waals surface area contributed by atoms with Crippen molar-refractivity contribution in [2.75, 3.05) is 5.73 Å². The molecule has 1 aromatic heterocycles. The van der Waals surface area contributed by atoms with Crippen LogP contribution in [0.2, 0.25) is 0 Å². The van der Waals surface area contributed by atoms with E-state index in [0.29, 0.717) is 22.5 Å². The first-order valence-electron chi connectivity index (χ1n) is 3.98. The molecule has 0 bridgehead atoms. The van der Waals surface area contributed by atoms with Gasteiger partial charge in [0.05, 0.1) is 5.52 Å². The van der Waals surface area contributed by atoms with E-state index in [0.717, 1.165) is 0 Å². The third kappa shape index (κ3) is 0.983. The molecule has 2 rings (SSSR count). The highest BCUT2D eigenvalue weighted by Gasteiger charge is 2.10. The average molecular weight is 179 g/mol. The highest BCUT2D eigenvalue weighted by Crippen LogP contribution is 2.21. The van der Waals surface area contributed by atoms with Crippen molar-refractivity contribution in [2.24, 2.45) is 7.05 Å². The molecule has 0 aliphatic heterocycles. The molecule has 0 atom stereocenters. The molecule has 0 aliphatic carbocycles. The molecule has 0 radical (unpaired) electrons. The van der Waals surface area contributed by atoms with Gasteiger partial charge in [-0.15, -0.1) is 0 Å². The lowest BCUT2D eigenvalue weighted by molar-refractivity contribution is 0.623. The van der Waals surface area contributed by atoms with Crippen LogP contribution in [0.1, 0.15) is 5.56 Å². The molecule has 0 unspecified atom stereocenters. The Morgan fingerprint density at radius 3 is 2.85 bits per heavy atom. The topological polar surface area (TPSA) is 43.8 Å². The summed E-state index contributed by atoms with van der Waals surface area (Å²) in [6, 6.07) is 3.47. The Kier molecular flexibility index (Phi) is 1.52. The number of nitrogens with two attached hydrogens (primary N) is 1. The van der Waals surface area contributed by atoms with Crippen molar-refractivity contribution in [2.45, 2.75) is 6.92 Å². The van der Waals surface area contributed by atoms with E-state index in [1.807, 2.05) is 0 Å². The predicted octanol–water partition coefficient (Wildman–Crippen LogP) is 1.60. The number of benzene rings is 1. The van der Waals surface area contributed by atoms with Gasteiger partial charge in [-0.1, -0.05) is 6.07 Å². The summed E-state index contributed by atoms with van der Waals surface area (Å²) in [5.74, 6) is 0.0868. The number of aromatic nitrogens is 2. The Morgan fingerprint density at radius 1 is 1.46 bits per heavy atom. The molecule has 0 amide bonds. The van der Waals surface area contributed by atoms with E-state index in [2.05, 4.69) is 4.98 Å². The van der Waals surface area contributed by atoms with E-state index in [1.165, 1.54) is 0 Å². The molecular weight excluding hydrogens is 169 g/mol. The van der Waals surface area contributed by atoms with Gasteiger partial charge in [0.2, 0.25) is 5.95 Å². The van der Waals surface area contributed by atoms with Crippen molar-refractivity contribution in [3.63, 3.8) is 0 Å². The highest BCUT2D eigenvalue weighted by molar-refractivity contribution is 5.79. The maximum atomic E-state index is 13.6. The summed E-state index contributed by atoms with van der Waals surface area (Å²) < 4.78 is 15.1. The van der Waals surface area contributed by atoms with Crippen molar-refractivity contribution < 1.29 is 4.39 Å². The number of nitrogens with zero attached hydrogens (tertiary/aromatic N) is 2. The lowest BCUT2D eigenvalue weighted by atomic mass is 10.2. The van der Waals surface area contributed by atoms with E-state index in [9.17, 15) is 4.39 Å². The highest BCUT2D eigenvalue weighted by atomic mass is 19.1. The molecule has 0 saturated carbocycles. The van der Waals surface area contributed by atoms with Crippen LogP contribution in [0, 0.1) is 12.7 Å². The van der Waals surface area contributed by atoms with Crippen molar-refractivity contribution in [1.82, 2.24) is 9.55 Å². The van der Waals surface area contributed by atoms with Crippen molar-refractivity contribution in [1.29, 1.82) is 0 Å². The number of imidazole rings is 1. The van der Waals surface area contributed by atoms with Crippen molar-refractivity contribution in [3.8, 4) is 0 Å². The second-order valence-corrected chi connectivity index (χ2v) is 3.09. The quantitative estimate of drug-likeness (QED) is 0.667. The van der Waals surface area contributed by atoms with Gasteiger partial charge in [-0.2, -0.15) is 0 Å². The minimum Gasteiger partial charge on any atom is -0.369 e. The number of hydrogen-bond acceptors (Lipinski definition) is 2. The van der Waals surface area contributed by atoms with Crippen LogP contribution in [0.25, 0.3) is 11.0 Å². The second kappa shape index (κ2) is 2.45. The minimum absolute atomic E-state index is 0.246. The van der Waals surface area contributed by atoms with Gasteiger partial charge >= 0.3 is 0 Å². The lowest BCUT2D eigenvalue weighted by Crippen LogP contribution is -1.97. The molecular formula is C9H10FN3. The van der Waals surface area contributed by atoms with E-state index >= 15 is 0 Å². The van der Waals surface area contributed by atoms with Crippen LogP contribution in [-0.2, 0) is 7.05 Å². The first kappa shape index (κ1) is 8.04. The molecule has 2 aromatic rings. The lowest BCUT2D eigenvalue weighted by Gasteiger charge is -1.99. The fourth-order valence-corrected chi connectivity index (χ4v) is 1.38. The van der Waals surface area contributed by atoms with Gasteiger partial charge in [-0.25, -0.2) is 9.37 Å².